The minimum atomic E-state index is -0.723. The van der Waals surface area contributed by atoms with Crippen LogP contribution in [0, 0.1) is 11.8 Å². The van der Waals surface area contributed by atoms with E-state index in [4.69, 9.17) is 9.47 Å². The van der Waals surface area contributed by atoms with Crippen molar-refractivity contribution in [2.75, 3.05) is 19.8 Å². The highest BCUT2D eigenvalue weighted by atomic mass is 16.5. The van der Waals surface area contributed by atoms with Crippen LogP contribution in [0.3, 0.4) is 0 Å². The Kier molecular flexibility index (Phi) is 19.1. The predicted molar refractivity (Wildman–Crippen MR) is 202 cm³/mol. The molecule has 0 aliphatic rings. The number of allylic oxidation sites excluding steroid dienone is 2. The third-order valence-electron chi connectivity index (χ3n) is 8.51. The number of hydrogen-bond donors (Lipinski definition) is 4. The number of aliphatic hydroxyl groups is 1. The first-order valence-electron chi connectivity index (χ1n) is 17.9. The summed E-state index contributed by atoms with van der Waals surface area (Å²) in [6, 6.07) is 27.5. The van der Waals surface area contributed by atoms with Gasteiger partial charge < -0.3 is 30.5 Å². The maximum atomic E-state index is 13.6. The molecule has 0 heterocycles. The first kappa shape index (κ1) is 41.2. The Hall–Kier alpha value is -5.22. The number of nitrogens with one attached hydrogen (secondary N) is 3. The number of amides is 3. The summed E-state index contributed by atoms with van der Waals surface area (Å²) < 4.78 is 11.1. The molecule has 52 heavy (non-hydrogen) atoms. The maximum absolute atomic E-state index is 13.6. The monoisotopic (exact) mass is 711 g/mol. The van der Waals surface area contributed by atoms with Gasteiger partial charge >= 0.3 is 12.1 Å². The summed E-state index contributed by atoms with van der Waals surface area (Å²) in [4.78, 5) is 52.1. The predicted octanol–water partition coefficient (Wildman–Crippen LogP) is 5.85. The molecule has 3 rings (SSSR count). The second-order valence-corrected chi connectivity index (χ2v) is 12.8. The lowest BCUT2D eigenvalue weighted by molar-refractivity contribution is -0.150. The van der Waals surface area contributed by atoms with Crippen LogP contribution >= 0.6 is 0 Å². The topological polar surface area (TPSA) is 143 Å². The smallest absolute Gasteiger partial charge is 0.407 e. The SMILES string of the molecule is C=CC[C@H](CC(=O)N[C@@H](CO)Cc1ccccc1)C(=O)N[C@@H](CCCCNC(=O)OCc1ccccc1)COC(=O)[C@H](CC=C)Cc1ccccc1. The molecule has 0 aliphatic carbocycles. The Balaban J connectivity index is 1.58. The van der Waals surface area contributed by atoms with E-state index >= 15 is 0 Å². The summed E-state index contributed by atoms with van der Waals surface area (Å²) in [5, 5.41) is 18.5. The lowest BCUT2D eigenvalue weighted by Crippen LogP contribution is -2.45. The van der Waals surface area contributed by atoms with Gasteiger partial charge in [-0.05, 0) is 61.6 Å². The summed E-state index contributed by atoms with van der Waals surface area (Å²) >= 11 is 0. The van der Waals surface area contributed by atoms with Gasteiger partial charge in [0.1, 0.15) is 13.2 Å². The van der Waals surface area contributed by atoms with Crippen LogP contribution in [0.2, 0.25) is 0 Å². The average Bonchev–Trinajstić information content (AvgIpc) is 3.16. The van der Waals surface area contributed by atoms with Gasteiger partial charge in [0, 0.05) is 13.0 Å². The van der Waals surface area contributed by atoms with Crippen molar-refractivity contribution < 1.29 is 33.8 Å². The molecule has 0 fully saturated rings. The second kappa shape index (κ2) is 24.1. The van der Waals surface area contributed by atoms with Crippen molar-refractivity contribution in [2.45, 2.75) is 70.1 Å². The summed E-state index contributed by atoms with van der Waals surface area (Å²) in [5.74, 6) is -2.27. The van der Waals surface area contributed by atoms with Crippen LogP contribution in [0.1, 0.15) is 55.2 Å². The first-order valence-corrected chi connectivity index (χ1v) is 17.9. The van der Waals surface area contributed by atoms with Crippen LogP contribution in [0.15, 0.2) is 116 Å². The fourth-order valence-corrected chi connectivity index (χ4v) is 5.71. The molecule has 0 aliphatic heterocycles. The quantitative estimate of drug-likeness (QED) is 0.0519. The van der Waals surface area contributed by atoms with E-state index in [9.17, 15) is 24.3 Å². The molecule has 3 aromatic rings. The Morgan fingerprint density at radius 2 is 1.27 bits per heavy atom. The molecule has 4 atom stereocenters. The van der Waals surface area contributed by atoms with Crippen LogP contribution in [-0.4, -0.2) is 60.8 Å². The highest BCUT2D eigenvalue weighted by Crippen LogP contribution is 2.17. The second-order valence-electron chi connectivity index (χ2n) is 12.8. The molecule has 0 spiro atoms. The normalized spacial score (nSPS) is 13.0. The van der Waals surface area contributed by atoms with Crippen molar-refractivity contribution in [1.82, 2.24) is 16.0 Å². The number of rotatable bonds is 24. The van der Waals surface area contributed by atoms with E-state index in [1.54, 1.807) is 12.2 Å². The Labute approximate surface area is 307 Å². The molecule has 0 saturated heterocycles. The van der Waals surface area contributed by atoms with Crippen LogP contribution in [-0.2, 0) is 43.3 Å². The summed E-state index contributed by atoms with van der Waals surface area (Å²) in [6.45, 7) is 7.80. The third-order valence-corrected chi connectivity index (χ3v) is 8.51. The number of alkyl carbamates (subject to hydrolysis) is 1. The zero-order valence-electron chi connectivity index (χ0n) is 29.9. The fourth-order valence-electron chi connectivity index (χ4n) is 5.71. The van der Waals surface area contributed by atoms with Gasteiger partial charge in [-0.2, -0.15) is 0 Å². The van der Waals surface area contributed by atoms with E-state index in [0.29, 0.717) is 45.1 Å². The van der Waals surface area contributed by atoms with Gasteiger partial charge in [0.25, 0.3) is 0 Å². The van der Waals surface area contributed by atoms with Crippen molar-refractivity contribution in [3.8, 4) is 0 Å². The van der Waals surface area contributed by atoms with Crippen LogP contribution in [0.25, 0.3) is 0 Å². The molecule has 10 heteroatoms. The Morgan fingerprint density at radius 3 is 1.87 bits per heavy atom. The van der Waals surface area contributed by atoms with E-state index in [-0.39, 0.29) is 50.4 Å². The average molecular weight is 712 g/mol. The van der Waals surface area contributed by atoms with Crippen molar-refractivity contribution in [2.24, 2.45) is 11.8 Å². The molecular formula is C42H53N3O7. The van der Waals surface area contributed by atoms with Crippen molar-refractivity contribution in [1.29, 1.82) is 0 Å². The molecule has 4 N–H and O–H groups in total. The lowest BCUT2D eigenvalue weighted by Gasteiger charge is -2.24. The van der Waals surface area contributed by atoms with E-state index in [1.807, 2.05) is 91.0 Å². The number of benzene rings is 3. The van der Waals surface area contributed by atoms with Gasteiger partial charge in [0.05, 0.1) is 30.5 Å². The molecule has 3 amide bonds. The van der Waals surface area contributed by atoms with Gasteiger partial charge in [-0.1, -0.05) is 103 Å². The van der Waals surface area contributed by atoms with Gasteiger partial charge in [-0.3, -0.25) is 14.4 Å². The third kappa shape index (κ3) is 16.2. The highest BCUT2D eigenvalue weighted by Gasteiger charge is 2.26. The Morgan fingerprint density at radius 1 is 0.692 bits per heavy atom. The minimum absolute atomic E-state index is 0.0593. The van der Waals surface area contributed by atoms with E-state index in [2.05, 4.69) is 29.1 Å². The summed E-state index contributed by atoms with van der Waals surface area (Å²) in [5.41, 5.74) is 2.86. The van der Waals surface area contributed by atoms with Gasteiger partial charge in [-0.15, -0.1) is 13.2 Å². The number of carbonyl (C=O) groups is 4. The zero-order valence-corrected chi connectivity index (χ0v) is 29.9. The van der Waals surface area contributed by atoms with Crippen LogP contribution < -0.4 is 16.0 Å². The van der Waals surface area contributed by atoms with E-state index < -0.39 is 30.0 Å². The zero-order chi connectivity index (χ0) is 37.4. The standard InChI is InChI=1S/C42H53N3O7/c1-3-16-35(28-39(47)44-38(29-46)27-33-20-10-6-11-21-33)40(48)45-37(24-14-15-25-43-42(50)52-30-34-22-12-7-13-23-34)31-51-41(49)36(17-4-2)26-32-18-8-5-9-19-32/h3-13,18-23,35-38,46H,1-2,14-17,24-31H2,(H,43,50)(H,44,47)(H,45,48)/t35-,36-,37+,38-/m1/s1. The van der Waals surface area contributed by atoms with Gasteiger partial charge in [0.15, 0.2) is 0 Å². The lowest BCUT2D eigenvalue weighted by atomic mass is 9.96. The minimum Gasteiger partial charge on any atom is -0.463 e. The number of carbonyl (C=O) groups excluding carboxylic acids is 4. The highest BCUT2D eigenvalue weighted by molar-refractivity contribution is 5.86. The number of hydrogen-bond acceptors (Lipinski definition) is 7. The van der Waals surface area contributed by atoms with Gasteiger partial charge in [-0.25, -0.2) is 4.79 Å². The maximum Gasteiger partial charge on any atom is 0.407 e. The van der Waals surface area contributed by atoms with Crippen molar-refractivity contribution >= 4 is 23.9 Å². The largest absolute Gasteiger partial charge is 0.463 e. The molecule has 10 nitrogen and oxygen atoms in total. The van der Waals surface area contributed by atoms with Crippen molar-refractivity contribution in [3.05, 3.63) is 133 Å². The molecule has 0 bridgehead atoms. The number of unbranched alkanes of at least 4 members (excludes halogenated alkanes) is 1. The van der Waals surface area contributed by atoms with E-state index in [0.717, 1.165) is 16.7 Å². The van der Waals surface area contributed by atoms with Crippen molar-refractivity contribution in [3.63, 3.8) is 0 Å². The Bertz CT molecular complexity index is 1520. The number of esters is 1. The first-order chi connectivity index (χ1) is 25.3. The van der Waals surface area contributed by atoms with Crippen LogP contribution in [0.5, 0.6) is 0 Å². The summed E-state index contributed by atoms with van der Waals surface area (Å²) in [6.07, 6.45) is 5.94. The molecular weight excluding hydrogens is 658 g/mol. The molecule has 3 aromatic carbocycles. The molecule has 278 valence electrons. The molecule has 0 saturated carbocycles. The molecule has 0 radical (unpaired) electrons. The number of aliphatic hydroxyl groups excluding tert-OH is 1. The van der Waals surface area contributed by atoms with E-state index in [1.165, 1.54) is 0 Å². The molecule has 0 unspecified atom stereocenters. The molecule has 0 aromatic heterocycles. The van der Waals surface area contributed by atoms with Crippen LogP contribution in [0.4, 0.5) is 4.79 Å². The number of ether oxygens (including phenoxy) is 2. The summed E-state index contributed by atoms with van der Waals surface area (Å²) in [7, 11) is 0. The van der Waals surface area contributed by atoms with Gasteiger partial charge in [0.2, 0.25) is 11.8 Å². The fraction of sp³-hybridized carbons (Fsp3) is 0.381.